The molecule has 1 atom stereocenters. The van der Waals surface area contributed by atoms with Crippen LogP contribution in [-0.4, -0.2) is 42.1 Å². The fourth-order valence-corrected chi connectivity index (χ4v) is 3.71. The van der Waals surface area contributed by atoms with Crippen LogP contribution in [0.4, 0.5) is 0 Å². The van der Waals surface area contributed by atoms with Gasteiger partial charge in [-0.15, -0.1) is 0 Å². The Balaban J connectivity index is 2.13. The highest BCUT2D eigenvalue weighted by Crippen LogP contribution is 2.38. The zero-order chi connectivity index (χ0) is 18.4. The van der Waals surface area contributed by atoms with E-state index < -0.39 is 18.0 Å². The van der Waals surface area contributed by atoms with Crippen LogP contribution in [0.25, 0.3) is 0 Å². The summed E-state index contributed by atoms with van der Waals surface area (Å²) in [4.78, 5) is 26.2. The number of nitrogens with zero attached hydrogens (tertiary/aromatic N) is 1. The second kappa shape index (κ2) is 6.06. The number of likely N-dealkylation sites (N-methyl/N-ethyl adjacent to an activating group) is 1. The molecule has 2 aliphatic heterocycles. The van der Waals surface area contributed by atoms with E-state index >= 15 is 0 Å². The molecule has 0 aromatic rings. The maximum Gasteiger partial charge on any atom is 0.346 e. The number of methoxy groups -OCH3 is 1. The van der Waals surface area contributed by atoms with Gasteiger partial charge in [0.25, 0.3) is 0 Å². The molecule has 5 nitrogen and oxygen atoms in total. The summed E-state index contributed by atoms with van der Waals surface area (Å²) in [6, 6.07) is 0. The summed E-state index contributed by atoms with van der Waals surface area (Å²) in [5.74, 6) is -1.34. The summed E-state index contributed by atoms with van der Waals surface area (Å²) >= 11 is 0. The van der Waals surface area contributed by atoms with Gasteiger partial charge in [0.2, 0.25) is 0 Å². The Morgan fingerprint density at radius 1 is 1.36 bits per heavy atom. The molecule has 3 aliphatic rings. The lowest BCUT2D eigenvalue weighted by atomic mass is 9.88. The first-order valence-electron chi connectivity index (χ1n) is 8.41. The SMILES string of the molecule is CCN1C2=C(C=C3C=C(C(=O)OC)C(=O)OC3C=C2)C(C)=CC1(C)C. The van der Waals surface area contributed by atoms with E-state index in [9.17, 15) is 9.59 Å². The lowest BCUT2D eigenvalue weighted by Gasteiger charge is -2.43. The molecule has 0 fully saturated rings. The van der Waals surface area contributed by atoms with Crippen LogP contribution in [0.15, 0.2) is 58.4 Å². The quantitative estimate of drug-likeness (QED) is 0.571. The van der Waals surface area contributed by atoms with E-state index in [1.807, 2.05) is 18.2 Å². The second-order valence-corrected chi connectivity index (χ2v) is 6.90. The van der Waals surface area contributed by atoms with E-state index in [1.165, 1.54) is 7.11 Å². The van der Waals surface area contributed by atoms with Crippen molar-refractivity contribution in [2.45, 2.75) is 39.3 Å². The van der Waals surface area contributed by atoms with Gasteiger partial charge in [0.1, 0.15) is 11.7 Å². The van der Waals surface area contributed by atoms with Crippen molar-refractivity contribution in [2.24, 2.45) is 0 Å². The minimum Gasteiger partial charge on any atom is -0.465 e. The molecule has 0 aromatic carbocycles. The van der Waals surface area contributed by atoms with Crippen LogP contribution in [0, 0.1) is 0 Å². The summed E-state index contributed by atoms with van der Waals surface area (Å²) in [5.41, 5.74) is 3.93. The van der Waals surface area contributed by atoms with Gasteiger partial charge >= 0.3 is 11.9 Å². The summed E-state index contributed by atoms with van der Waals surface area (Å²) < 4.78 is 10.1. The standard InChI is InChI=1S/C20H23NO4/c1-6-21-16-7-8-17-13(9-14(16)12(2)11-20(21,3)4)10-15(18(22)24-5)19(23)25-17/h7-11,17H,6H2,1-5H3. The highest BCUT2D eigenvalue weighted by atomic mass is 16.6. The molecular weight excluding hydrogens is 318 g/mol. The van der Waals surface area contributed by atoms with Gasteiger partial charge in [-0.2, -0.15) is 0 Å². The number of hydrogen-bond donors (Lipinski definition) is 0. The van der Waals surface area contributed by atoms with Gasteiger partial charge in [0.15, 0.2) is 0 Å². The van der Waals surface area contributed by atoms with Gasteiger partial charge in [0.05, 0.1) is 12.6 Å². The molecule has 25 heavy (non-hydrogen) atoms. The summed E-state index contributed by atoms with van der Waals surface area (Å²) in [6.07, 6.45) is 9.19. The van der Waals surface area contributed by atoms with E-state index in [1.54, 1.807) is 6.08 Å². The summed E-state index contributed by atoms with van der Waals surface area (Å²) in [6.45, 7) is 9.41. The average Bonchev–Trinajstić information content (AvgIpc) is 2.73. The van der Waals surface area contributed by atoms with Crippen molar-refractivity contribution in [2.75, 3.05) is 13.7 Å². The molecule has 0 aromatic heterocycles. The first-order valence-corrected chi connectivity index (χ1v) is 8.41. The number of rotatable bonds is 2. The monoisotopic (exact) mass is 341 g/mol. The predicted molar refractivity (Wildman–Crippen MR) is 94.4 cm³/mol. The topological polar surface area (TPSA) is 55.8 Å². The van der Waals surface area contributed by atoms with Crippen LogP contribution in [0.3, 0.4) is 0 Å². The highest BCUT2D eigenvalue weighted by molar-refractivity contribution is 6.15. The number of ether oxygens (including phenoxy) is 2. The van der Waals surface area contributed by atoms with E-state index in [4.69, 9.17) is 4.74 Å². The van der Waals surface area contributed by atoms with Crippen molar-refractivity contribution >= 4 is 11.9 Å². The van der Waals surface area contributed by atoms with Crippen molar-refractivity contribution in [3.8, 4) is 0 Å². The molecule has 1 aliphatic carbocycles. The third kappa shape index (κ3) is 2.84. The molecule has 0 saturated heterocycles. The number of allylic oxidation sites excluding steroid dienone is 4. The van der Waals surface area contributed by atoms with Crippen molar-refractivity contribution in [1.82, 2.24) is 4.90 Å². The maximum absolute atomic E-state index is 12.1. The van der Waals surface area contributed by atoms with Gasteiger partial charge in [-0.1, -0.05) is 6.08 Å². The minimum absolute atomic E-state index is 0.0763. The number of hydrogen-bond acceptors (Lipinski definition) is 5. The Labute approximate surface area is 148 Å². The molecule has 0 spiro atoms. The van der Waals surface area contributed by atoms with E-state index in [0.29, 0.717) is 0 Å². The fourth-order valence-electron chi connectivity index (χ4n) is 3.71. The minimum atomic E-state index is -0.681. The normalized spacial score (nSPS) is 24.4. The largest absolute Gasteiger partial charge is 0.465 e. The summed E-state index contributed by atoms with van der Waals surface area (Å²) in [5, 5.41) is 0. The van der Waals surface area contributed by atoms with Gasteiger partial charge < -0.3 is 14.4 Å². The average molecular weight is 341 g/mol. The molecule has 0 radical (unpaired) electrons. The van der Waals surface area contributed by atoms with Crippen LogP contribution in [0.5, 0.6) is 0 Å². The Kier molecular flexibility index (Phi) is 4.19. The first-order chi connectivity index (χ1) is 11.8. The first kappa shape index (κ1) is 17.3. The van der Waals surface area contributed by atoms with Crippen LogP contribution in [0.1, 0.15) is 27.7 Å². The van der Waals surface area contributed by atoms with E-state index in [0.717, 1.165) is 29.0 Å². The van der Waals surface area contributed by atoms with Gasteiger partial charge in [-0.05, 0) is 63.1 Å². The molecule has 1 unspecified atom stereocenters. The third-order valence-electron chi connectivity index (χ3n) is 4.81. The molecule has 2 heterocycles. The van der Waals surface area contributed by atoms with Crippen molar-refractivity contribution in [1.29, 1.82) is 0 Å². The smallest absolute Gasteiger partial charge is 0.346 e. The molecule has 0 N–H and O–H groups in total. The number of carbonyl (C=O) groups is 2. The zero-order valence-electron chi connectivity index (χ0n) is 15.3. The van der Waals surface area contributed by atoms with Crippen molar-refractivity contribution in [3.05, 3.63) is 58.4 Å². The molecule has 132 valence electrons. The van der Waals surface area contributed by atoms with Crippen LogP contribution >= 0.6 is 0 Å². The van der Waals surface area contributed by atoms with Crippen molar-refractivity contribution < 1.29 is 19.1 Å². The van der Waals surface area contributed by atoms with Gasteiger partial charge in [-0.3, -0.25) is 0 Å². The van der Waals surface area contributed by atoms with Crippen LogP contribution < -0.4 is 0 Å². The number of carbonyl (C=O) groups excluding carboxylic acids is 2. The fraction of sp³-hybridized carbons (Fsp3) is 0.400. The van der Waals surface area contributed by atoms with Crippen LogP contribution in [-0.2, 0) is 19.1 Å². The van der Waals surface area contributed by atoms with E-state index in [2.05, 4.69) is 43.4 Å². The molecule has 0 amide bonds. The number of esters is 2. The molecule has 5 heteroatoms. The molecule has 3 rings (SSSR count). The maximum atomic E-state index is 12.1. The molecular formula is C20H23NO4. The summed E-state index contributed by atoms with van der Waals surface area (Å²) in [7, 11) is 1.25. The van der Waals surface area contributed by atoms with Gasteiger partial charge in [-0.25, -0.2) is 9.59 Å². The highest BCUT2D eigenvalue weighted by Gasteiger charge is 2.35. The lowest BCUT2D eigenvalue weighted by Crippen LogP contribution is -2.43. The third-order valence-corrected chi connectivity index (χ3v) is 4.81. The van der Waals surface area contributed by atoms with Crippen molar-refractivity contribution in [3.63, 3.8) is 0 Å². The van der Waals surface area contributed by atoms with E-state index in [-0.39, 0.29) is 11.1 Å². The Morgan fingerprint density at radius 2 is 2.08 bits per heavy atom. The van der Waals surface area contributed by atoms with Crippen LogP contribution in [0.2, 0.25) is 0 Å². The Bertz CT molecular complexity index is 793. The molecule has 0 bridgehead atoms. The predicted octanol–water partition coefficient (Wildman–Crippen LogP) is 2.82. The number of fused-ring (bicyclic) bond motifs is 1. The zero-order valence-corrected chi connectivity index (χ0v) is 15.3. The lowest BCUT2D eigenvalue weighted by molar-refractivity contribution is -0.147. The Morgan fingerprint density at radius 3 is 2.72 bits per heavy atom. The second-order valence-electron chi connectivity index (χ2n) is 6.90. The Hall–Kier alpha value is -2.56. The van der Waals surface area contributed by atoms with Gasteiger partial charge in [0, 0.05) is 17.8 Å². The molecule has 0 saturated carbocycles.